The second-order valence-electron chi connectivity index (χ2n) is 3.79. The molecule has 0 aromatic heterocycles. The standard InChI is InChI=1S/C13H22N2O/c1-7-12(16-9-8-15(5)6)10-13(14-4)11(2)3/h7,10H,1-2,8-9H2,3-6H3/b12-10+,14-13?. The van der Waals surface area contributed by atoms with E-state index < -0.39 is 0 Å². The molecule has 0 heterocycles. The average Bonchev–Trinajstić information content (AvgIpc) is 2.22. The summed E-state index contributed by atoms with van der Waals surface area (Å²) in [6, 6.07) is 0. The molecule has 0 aliphatic rings. The minimum atomic E-state index is 0.637. The lowest BCUT2D eigenvalue weighted by molar-refractivity contribution is 0.193. The van der Waals surface area contributed by atoms with E-state index in [4.69, 9.17) is 4.74 Å². The van der Waals surface area contributed by atoms with Crippen LogP contribution in [0.25, 0.3) is 0 Å². The zero-order valence-corrected chi connectivity index (χ0v) is 10.8. The van der Waals surface area contributed by atoms with E-state index in [1.807, 2.05) is 27.1 Å². The van der Waals surface area contributed by atoms with Crippen molar-refractivity contribution in [2.75, 3.05) is 34.3 Å². The number of rotatable bonds is 7. The zero-order valence-electron chi connectivity index (χ0n) is 10.8. The largest absolute Gasteiger partial charge is 0.492 e. The number of hydrogen-bond acceptors (Lipinski definition) is 3. The highest BCUT2D eigenvalue weighted by Gasteiger charge is 1.99. The minimum absolute atomic E-state index is 0.637. The van der Waals surface area contributed by atoms with Gasteiger partial charge >= 0.3 is 0 Å². The lowest BCUT2D eigenvalue weighted by Gasteiger charge is -2.11. The number of aliphatic imine (C=N–C) groups is 1. The van der Waals surface area contributed by atoms with Crippen molar-refractivity contribution in [1.29, 1.82) is 0 Å². The van der Waals surface area contributed by atoms with E-state index in [-0.39, 0.29) is 0 Å². The fourth-order valence-electron chi connectivity index (χ4n) is 1.02. The number of nitrogens with zero attached hydrogens (tertiary/aromatic N) is 2. The van der Waals surface area contributed by atoms with E-state index >= 15 is 0 Å². The number of allylic oxidation sites excluding steroid dienone is 3. The highest BCUT2D eigenvalue weighted by Crippen LogP contribution is 2.04. The molecule has 0 N–H and O–H groups in total. The Balaban J connectivity index is 4.42. The van der Waals surface area contributed by atoms with Crippen LogP contribution in [0, 0.1) is 0 Å². The molecule has 0 radical (unpaired) electrons. The third-order valence-electron chi connectivity index (χ3n) is 1.97. The van der Waals surface area contributed by atoms with E-state index in [0.717, 1.165) is 23.6 Å². The van der Waals surface area contributed by atoms with Gasteiger partial charge in [-0.15, -0.1) is 0 Å². The molecule has 0 spiro atoms. The van der Waals surface area contributed by atoms with Crippen LogP contribution >= 0.6 is 0 Å². The summed E-state index contributed by atoms with van der Waals surface area (Å²) in [5, 5.41) is 0. The molecular formula is C13H22N2O. The molecule has 3 heteroatoms. The van der Waals surface area contributed by atoms with Crippen LogP contribution in [0.2, 0.25) is 0 Å². The molecule has 0 atom stereocenters. The van der Waals surface area contributed by atoms with Gasteiger partial charge in [-0.25, -0.2) is 0 Å². The monoisotopic (exact) mass is 222 g/mol. The maximum atomic E-state index is 5.56. The van der Waals surface area contributed by atoms with E-state index in [1.54, 1.807) is 13.1 Å². The van der Waals surface area contributed by atoms with Gasteiger partial charge in [-0.3, -0.25) is 4.99 Å². The smallest absolute Gasteiger partial charge is 0.120 e. The molecule has 0 bridgehead atoms. The van der Waals surface area contributed by atoms with Crippen LogP contribution in [0.15, 0.2) is 41.6 Å². The van der Waals surface area contributed by atoms with Crippen molar-refractivity contribution in [1.82, 2.24) is 4.90 Å². The van der Waals surface area contributed by atoms with E-state index in [0.29, 0.717) is 6.61 Å². The first kappa shape index (κ1) is 14.6. The van der Waals surface area contributed by atoms with Gasteiger partial charge in [0.2, 0.25) is 0 Å². The van der Waals surface area contributed by atoms with Crippen LogP contribution in [-0.2, 0) is 4.74 Å². The average molecular weight is 222 g/mol. The number of likely N-dealkylation sites (N-methyl/N-ethyl adjacent to an activating group) is 1. The number of hydrogen-bond donors (Lipinski definition) is 0. The summed E-state index contributed by atoms with van der Waals surface area (Å²) in [7, 11) is 5.75. The Morgan fingerprint density at radius 1 is 1.44 bits per heavy atom. The van der Waals surface area contributed by atoms with Gasteiger partial charge < -0.3 is 9.64 Å². The molecular weight excluding hydrogens is 200 g/mol. The Hall–Kier alpha value is -1.35. The van der Waals surface area contributed by atoms with Crippen molar-refractivity contribution >= 4 is 5.71 Å². The van der Waals surface area contributed by atoms with Crippen LogP contribution in [0.4, 0.5) is 0 Å². The summed E-state index contributed by atoms with van der Waals surface area (Å²) >= 11 is 0. The Bertz CT molecular complexity index is 301. The van der Waals surface area contributed by atoms with Gasteiger partial charge in [-0.1, -0.05) is 13.2 Å². The Labute approximate surface area is 98.8 Å². The topological polar surface area (TPSA) is 24.8 Å². The highest BCUT2D eigenvalue weighted by atomic mass is 16.5. The summed E-state index contributed by atoms with van der Waals surface area (Å²) in [5.74, 6) is 0.727. The molecule has 0 unspecified atom stereocenters. The molecule has 0 fully saturated rings. The predicted octanol–water partition coefficient (Wildman–Crippen LogP) is 2.28. The van der Waals surface area contributed by atoms with Crippen LogP contribution in [0.3, 0.4) is 0 Å². The van der Waals surface area contributed by atoms with Gasteiger partial charge in [0, 0.05) is 19.7 Å². The van der Waals surface area contributed by atoms with Crippen molar-refractivity contribution in [3.05, 3.63) is 36.6 Å². The number of ether oxygens (including phenoxy) is 1. The summed E-state index contributed by atoms with van der Waals surface area (Å²) in [6.45, 7) is 11.0. The normalized spacial score (nSPS) is 12.8. The summed E-state index contributed by atoms with van der Waals surface area (Å²) in [6.07, 6.45) is 3.54. The molecule has 0 aromatic carbocycles. The molecule has 3 nitrogen and oxygen atoms in total. The van der Waals surface area contributed by atoms with Crippen molar-refractivity contribution in [2.45, 2.75) is 6.92 Å². The maximum Gasteiger partial charge on any atom is 0.120 e. The molecule has 90 valence electrons. The fourth-order valence-corrected chi connectivity index (χ4v) is 1.02. The fraction of sp³-hybridized carbons (Fsp3) is 0.462. The van der Waals surface area contributed by atoms with Crippen LogP contribution in [-0.4, -0.2) is 44.9 Å². The Kier molecular flexibility index (Phi) is 7.21. The second-order valence-corrected chi connectivity index (χ2v) is 3.79. The van der Waals surface area contributed by atoms with Crippen molar-refractivity contribution in [3.8, 4) is 0 Å². The van der Waals surface area contributed by atoms with Crippen LogP contribution in [0.1, 0.15) is 6.92 Å². The summed E-state index contributed by atoms with van der Waals surface area (Å²) in [5.41, 5.74) is 1.75. The van der Waals surface area contributed by atoms with Crippen LogP contribution < -0.4 is 0 Å². The van der Waals surface area contributed by atoms with Crippen molar-refractivity contribution in [3.63, 3.8) is 0 Å². The Morgan fingerprint density at radius 2 is 2.06 bits per heavy atom. The molecule has 0 saturated heterocycles. The Morgan fingerprint density at radius 3 is 2.44 bits per heavy atom. The van der Waals surface area contributed by atoms with Gasteiger partial charge in [0.05, 0.1) is 5.71 Å². The summed E-state index contributed by atoms with van der Waals surface area (Å²) in [4.78, 5) is 6.18. The van der Waals surface area contributed by atoms with Gasteiger partial charge in [-0.05, 0) is 32.7 Å². The first-order valence-corrected chi connectivity index (χ1v) is 5.25. The molecule has 16 heavy (non-hydrogen) atoms. The zero-order chi connectivity index (χ0) is 12.6. The van der Waals surface area contributed by atoms with Gasteiger partial charge in [0.15, 0.2) is 0 Å². The first-order valence-electron chi connectivity index (χ1n) is 5.25. The lowest BCUT2D eigenvalue weighted by Crippen LogP contribution is -2.17. The molecule has 0 amide bonds. The molecule has 0 saturated carbocycles. The third kappa shape index (κ3) is 6.19. The van der Waals surface area contributed by atoms with Gasteiger partial charge in [-0.2, -0.15) is 0 Å². The molecule has 0 rings (SSSR count). The predicted molar refractivity (Wildman–Crippen MR) is 71.0 cm³/mol. The highest BCUT2D eigenvalue weighted by molar-refractivity contribution is 6.07. The van der Waals surface area contributed by atoms with E-state index in [1.165, 1.54) is 0 Å². The van der Waals surface area contributed by atoms with Crippen LogP contribution in [0.5, 0.6) is 0 Å². The quantitative estimate of drug-likeness (QED) is 0.375. The lowest BCUT2D eigenvalue weighted by atomic mass is 10.2. The minimum Gasteiger partial charge on any atom is -0.492 e. The van der Waals surface area contributed by atoms with Crippen molar-refractivity contribution in [2.24, 2.45) is 4.99 Å². The van der Waals surface area contributed by atoms with Crippen molar-refractivity contribution < 1.29 is 4.74 Å². The second kappa shape index (κ2) is 7.88. The third-order valence-corrected chi connectivity index (χ3v) is 1.97. The molecule has 0 aliphatic carbocycles. The van der Waals surface area contributed by atoms with Gasteiger partial charge in [0.25, 0.3) is 0 Å². The van der Waals surface area contributed by atoms with E-state index in [9.17, 15) is 0 Å². The SMILES string of the molecule is C=C/C(=C\C(=NC)C(=C)C)OCCN(C)C. The summed E-state index contributed by atoms with van der Waals surface area (Å²) < 4.78 is 5.56. The molecule has 0 aliphatic heterocycles. The first-order chi connectivity index (χ1) is 7.51. The van der Waals surface area contributed by atoms with E-state index in [2.05, 4.69) is 23.1 Å². The maximum absolute atomic E-state index is 5.56. The molecule has 0 aromatic rings. The van der Waals surface area contributed by atoms with Gasteiger partial charge in [0.1, 0.15) is 12.4 Å².